The lowest BCUT2D eigenvalue weighted by Gasteiger charge is -2.27. The summed E-state index contributed by atoms with van der Waals surface area (Å²) >= 11 is 3.77. The van der Waals surface area contributed by atoms with Gasteiger partial charge in [-0.15, -0.1) is 22.7 Å². The second kappa shape index (κ2) is 14.1. The molecule has 9 aromatic carbocycles. The monoisotopic (exact) mass is 761 g/mol. The molecule has 0 amide bonds. The van der Waals surface area contributed by atoms with Crippen LogP contribution in [0.2, 0.25) is 0 Å². The van der Waals surface area contributed by atoms with Crippen LogP contribution < -0.4 is 4.90 Å². The molecule has 57 heavy (non-hydrogen) atoms. The van der Waals surface area contributed by atoms with Gasteiger partial charge in [-0.25, -0.2) is 0 Å². The van der Waals surface area contributed by atoms with E-state index in [2.05, 4.69) is 217 Å². The van der Waals surface area contributed by atoms with Crippen molar-refractivity contribution in [1.82, 2.24) is 0 Å². The summed E-state index contributed by atoms with van der Waals surface area (Å²) in [5, 5.41) is 5.19. The Morgan fingerprint density at radius 1 is 0.281 bits per heavy atom. The Balaban J connectivity index is 1.14. The van der Waals surface area contributed by atoms with E-state index in [9.17, 15) is 0 Å². The molecule has 0 saturated heterocycles. The molecule has 11 aromatic rings. The maximum atomic E-state index is 2.47. The van der Waals surface area contributed by atoms with Crippen molar-refractivity contribution in [2.24, 2.45) is 0 Å². The summed E-state index contributed by atoms with van der Waals surface area (Å²) in [4.78, 5) is 2.47. The van der Waals surface area contributed by atoms with Crippen molar-refractivity contribution in [2.45, 2.75) is 0 Å². The molecule has 2 heterocycles. The first-order valence-electron chi connectivity index (χ1n) is 19.3. The van der Waals surface area contributed by atoms with E-state index in [4.69, 9.17) is 0 Å². The number of nitrogens with zero attached hydrogens (tertiary/aromatic N) is 1. The Kier molecular flexibility index (Phi) is 8.28. The quantitative estimate of drug-likeness (QED) is 0.156. The molecule has 11 rings (SSSR count). The second-order valence-electron chi connectivity index (χ2n) is 14.5. The molecule has 0 unspecified atom stereocenters. The molecular formula is C54H35NS2. The molecule has 3 heteroatoms. The topological polar surface area (TPSA) is 3.24 Å². The van der Waals surface area contributed by atoms with Crippen LogP contribution in [0.1, 0.15) is 0 Å². The van der Waals surface area contributed by atoms with Crippen LogP contribution in [0.25, 0.3) is 84.9 Å². The number of fused-ring (bicyclic) bond motifs is 6. The van der Waals surface area contributed by atoms with Gasteiger partial charge in [-0.05, 0) is 87.0 Å². The molecule has 0 bridgehead atoms. The van der Waals surface area contributed by atoms with Gasteiger partial charge in [0.15, 0.2) is 0 Å². The predicted molar refractivity (Wildman–Crippen MR) is 249 cm³/mol. The number of benzene rings is 9. The molecule has 0 N–H and O–H groups in total. The first kappa shape index (κ1) is 33.5. The van der Waals surface area contributed by atoms with E-state index in [1.807, 2.05) is 22.7 Å². The van der Waals surface area contributed by atoms with Crippen molar-refractivity contribution in [1.29, 1.82) is 0 Å². The highest BCUT2D eigenvalue weighted by atomic mass is 32.1. The summed E-state index contributed by atoms with van der Waals surface area (Å²) in [5.74, 6) is 0. The molecule has 0 radical (unpaired) electrons. The maximum Gasteiger partial charge on any atom is 0.0640 e. The van der Waals surface area contributed by atoms with Gasteiger partial charge in [-0.2, -0.15) is 0 Å². The van der Waals surface area contributed by atoms with Crippen molar-refractivity contribution in [3.8, 4) is 44.5 Å². The van der Waals surface area contributed by atoms with Crippen LogP contribution in [0.5, 0.6) is 0 Å². The largest absolute Gasteiger partial charge is 0.309 e. The highest BCUT2D eigenvalue weighted by molar-refractivity contribution is 7.27. The predicted octanol–water partition coefficient (Wildman–Crippen LogP) is 16.6. The third-order valence-electron chi connectivity index (χ3n) is 11.1. The second-order valence-corrected chi connectivity index (χ2v) is 16.5. The SMILES string of the molecule is c1ccc(-c2cc(-c3ccccc3)cc(N(c3ccc(-c4cccc5c4sc4ccccc45)cc3)c3cccc4c3sc3c(-c5ccccc5)cccc34)c2)cc1. The number of anilines is 3. The van der Waals surface area contributed by atoms with E-state index >= 15 is 0 Å². The van der Waals surface area contributed by atoms with Gasteiger partial charge in [0.05, 0.1) is 10.4 Å². The van der Waals surface area contributed by atoms with Gasteiger partial charge in [-0.1, -0.05) is 170 Å². The van der Waals surface area contributed by atoms with Crippen molar-refractivity contribution in [2.75, 3.05) is 4.90 Å². The minimum Gasteiger partial charge on any atom is -0.309 e. The standard InChI is InChI=1S/C54H35NS2/c1-4-15-36(16-5-1)40-33-41(37-17-6-2-7-18-37)35-43(34-40)55(42-31-29-39(30-32-42)45-23-12-24-47-46-21-10-11-28-51(46)56-52(45)47)50-27-14-26-49-48-25-13-22-44(53(48)57-54(49)50)38-19-8-3-9-20-38/h1-35H. The fraction of sp³-hybridized carbons (Fsp3) is 0. The van der Waals surface area contributed by atoms with Gasteiger partial charge in [0, 0.05) is 47.0 Å². The molecular weight excluding hydrogens is 727 g/mol. The summed E-state index contributed by atoms with van der Waals surface area (Å²) in [5.41, 5.74) is 13.1. The van der Waals surface area contributed by atoms with Gasteiger partial charge in [0.2, 0.25) is 0 Å². The van der Waals surface area contributed by atoms with E-state index in [-0.39, 0.29) is 0 Å². The summed E-state index contributed by atoms with van der Waals surface area (Å²) in [6, 6.07) is 77.6. The molecule has 0 aliphatic heterocycles. The van der Waals surface area contributed by atoms with Crippen LogP contribution in [-0.4, -0.2) is 0 Å². The Labute approximate surface area is 340 Å². The average molecular weight is 762 g/mol. The zero-order valence-electron chi connectivity index (χ0n) is 31.0. The molecule has 0 spiro atoms. The van der Waals surface area contributed by atoms with Crippen LogP contribution in [0.3, 0.4) is 0 Å². The fourth-order valence-electron chi connectivity index (χ4n) is 8.35. The molecule has 2 aromatic heterocycles. The van der Waals surface area contributed by atoms with Gasteiger partial charge in [0.1, 0.15) is 0 Å². The third-order valence-corrected chi connectivity index (χ3v) is 13.6. The Morgan fingerprint density at radius 3 is 1.39 bits per heavy atom. The zero-order chi connectivity index (χ0) is 37.7. The van der Waals surface area contributed by atoms with Crippen LogP contribution in [0.4, 0.5) is 17.1 Å². The van der Waals surface area contributed by atoms with E-state index in [0.717, 1.165) is 17.1 Å². The molecule has 0 aliphatic rings. The molecule has 0 atom stereocenters. The minimum absolute atomic E-state index is 1.11. The lowest BCUT2D eigenvalue weighted by molar-refractivity contribution is 1.30. The first-order valence-corrected chi connectivity index (χ1v) is 21.0. The Morgan fingerprint density at radius 2 is 0.754 bits per heavy atom. The van der Waals surface area contributed by atoms with Gasteiger partial charge in [-0.3, -0.25) is 0 Å². The summed E-state index contributed by atoms with van der Waals surface area (Å²) in [6.07, 6.45) is 0. The number of thiophene rings is 2. The van der Waals surface area contributed by atoms with E-state index in [0.29, 0.717) is 0 Å². The number of hydrogen-bond donors (Lipinski definition) is 0. The smallest absolute Gasteiger partial charge is 0.0640 e. The van der Waals surface area contributed by atoms with E-state index < -0.39 is 0 Å². The highest BCUT2D eigenvalue weighted by Gasteiger charge is 2.21. The Hall–Kier alpha value is -6.78. The summed E-state index contributed by atoms with van der Waals surface area (Å²) in [6.45, 7) is 0. The third kappa shape index (κ3) is 5.91. The van der Waals surface area contributed by atoms with Crippen LogP contribution in [-0.2, 0) is 0 Å². The van der Waals surface area contributed by atoms with Gasteiger partial charge >= 0.3 is 0 Å². The lowest BCUT2D eigenvalue weighted by atomic mass is 9.97. The van der Waals surface area contributed by atoms with E-state index in [1.54, 1.807) is 0 Å². The maximum absolute atomic E-state index is 2.47. The normalized spacial score (nSPS) is 11.5. The molecule has 0 saturated carbocycles. The molecule has 1 nitrogen and oxygen atoms in total. The van der Waals surface area contributed by atoms with Crippen molar-refractivity contribution >= 4 is 80.1 Å². The van der Waals surface area contributed by atoms with Crippen molar-refractivity contribution < 1.29 is 0 Å². The van der Waals surface area contributed by atoms with Crippen LogP contribution >= 0.6 is 22.7 Å². The van der Waals surface area contributed by atoms with Crippen molar-refractivity contribution in [3.63, 3.8) is 0 Å². The van der Waals surface area contributed by atoms with Gasteiger partial charge < -0.3 is 4.90 Å². The zero-order valence-corrected chi connectivity index (χ0v) is 32.6. The molecule has 268 valence electrons. The first-order chi connectivity index (χ1) is 28.3. The van der Waals surface area contributed by atoms with Crippen LogP contribution in [0, 0.1) is 0 Å². The summed E-state index contributed by atoms with van der Waals surface area (Å²) in [7, 11) is 0. The molecule has 0 aliphatic carbocycles. The van der Waals surface area contributed by atoms with E-state index in [1.165, 1.54) is 84.9 Å². The van der Waals surface area contributed by atoms with Crippen molar-refractivity contribution in [3.05, 3.63) is 212 Å². The molecule has 0 fully saturated rings. The fourth-order valence-corrected chi connectivity index (χ4v) is 10.9. The highest BCUT2D eigenvalue weighted by Crippen LogP contribution is 2.49. The number of hydrogen-bond acceptors (Lipinski definition) is 3. The van der Waals surface area contributed by atoms with Gasteiger partial charge in [0.25, 0.3) is 0 Å². The van der Waals surface area contributed by atoms with Crippen LogP contribution in [0.15, 0.2) is 212 Å². The summed E-state index contributed by atoms with van der Waals surface area (Å²) < 4.78 is 5.22. The minimum atomic E-state index is 1.11. The lowest BCUT2D eigenvalue weighted by Crippen LogP contribution is -2.10. The number of rotatable bonds is 7. The average Bonchev–Trinajstić information content (AvgIpc) is 3.87. The Bertz CT molecular complexity index is 3160.